The lowest BCUT2D eigenvalue weighted by molar-refractivity contribution is 0.215. The third kappa shape index (κ3) is 13.2. The Hall–Kier alpha value is -3.52. The predicted molar refractivity (Wildman–Crippen MR) is 251 cm³/mol. The highest BCUT2D eigenvalue weighted by molar-refractivity contribution is 5.50. The quantitative estimate of drug-likeness (QED) is 0.0551. The van der Waals surface area contributed by atoms with E-state index in [1.807, 2.05) is 0 Å². The van der Waals surface area contributed by atoms with Gasteiger partial charge in [0, 0.05) is 29.1 Å². The van der Waals surface area contributed by atoms with Crippen LogP contribution in [0.3, 0.4) is 0 Å². The van der Waals surface area contributed by atoms with Crippen molar-refractivity contribution in [3.63, 3.8) is 0 Å². The van der Waals surface area contributed by atoms with E-state index in [0.29, 0.717) is 17.8 Å². The standard InChI is InChI=1S/C55H80N2/c1-6-9-12-18-23-54(51-37-34-49(56)39-41(51)4)47-29-25-45(26-30-47)53(36-33-44(20-15-11-8-3)43-21-16-14-17-22-43)46-27-31-48(32-28-46)55(24-19-13-10-7-2)52-38-35-50(57)40-42(52)5/h25-32,34-35,37-40,43-44,53-55H,6-24,33,36,56-57H2,1-5H3. The molecule has 1 aliphatic carbocycles. The molecule has 3 unspecified atom stereocenters. The summed E-state index contributed by atoms with van der Waals surface area (Å²) < 4.78 is 0. The Bertz CT molecular complexity index is 1600. The zero-order valence-corrected chi connectivity index (χ0v) is 37.0. The molecule has 4 aromatic carbocycles. The zero-order valence-electron chi connectivity index (χ0n) is 37.0. The summed E-state index contributed by atoms with van der Waals surface area (Å²) in [6.07, 6.45) is 27.9. The molecule has 57 heavy (non-hydrogen) atoms. The lowest BCUT2D eigenvalue weighted by Crippen LogP contribution is -2.19. The van der Waals surface area contributed by atoms with Gasteiger partial charge >= 0.3 is 0 Å². The molecule has 0 saturated heterocycles. The average molecular weight is 769 g/mol. The molecule has 1 aliphatic rings. The zero-order chi connectivity index (χ0) is 40.4. The summed E-state index contributed by atoms with van der Waals surface area (Å²) in [7, 11) is 0. The van der Waals surface area contributed by atoms with Gasteiger partial charge in [0.15, 0.2) is 0 Å². The van der Waals surface area contributed by atoms with Crippen LogP contribution in [0.4, 0.5) is 11.4 Å². The highest BCUT2D eigenvalue weighted by Crippen LogP contribution is 2.41. The Morgan fingerprint density at radius 3 is 1.26 bits per heavy atom. The van der Waals surface area contributed by atoms with Crippen molar-refractivity contribution in [3.05, 3.63) is 129 Å². The molecular weight excluding hydrogens is 689 g/mol. The lowest BCUT2D eigenvalue weighted by atomic mass is 9.73. The molecule has 4 aromatic rings. The second kappa shape index (κ2) is 23.8. The molecule has 5 rings (SSSR count). The van der Waals surface area contributed by atoms with Gasteiger partial charge in [-0.1, -0.05) is 191 Å². The van der Waals surface area contributed by atoms with E-state index in [1.54, 1.807) is 0 Å². The fourth-order valence-electron chi connectivity index (χ4n) is 10.4. The van der Waals surface area contributed by atoms with Crippen molar-refractivity contribution in [2.45, 2.75) is 187 Å². The molecule has 0 aliphatic heterocycles. The normalized spacial score (nSPS) is 15.7. The summed E-state index contributed by atoms with van der Waals surface area (Å²) in [5.74, 6) is 2.95. The fourth-order valence-corrected chi connectivity index (χ4v) is 10.4. The van der Waals surface area contributed by atoms with Gasteiger partial charge in [-0.3, -0.25) is 0 Å². The van der Waals surface area contributed by atoms with Gasteiger partial charge in [-0.25, -0.2) is 0 Å². The second-order valence-electron chi connectivity index (χ2n) is 18.2. The topological polar surface area (TPSA) is 52.0 Å². The lowest BCUT2D eigenvalue weighted by Gasteiger charge is -2.32. The number of nitrogen functional groups attached to an aromatic ring is 2. The van der Waals surface area contributed by atoms with Crippen LogP contribution in [0.1, 0.15) is 218 Å². The molecule has 1 saturated carbocycles. The van der Waals surface area contributed by atoms with Crippen LogP contribution in [0.2, 0.25) is 0 Å². The fraction of sp³-hybridized carbons (Fsp3) is 0.564. The molecule has 0 bridgehead atoms. The summed E-state index contributed by atoms with van der Waals surface area (Å²) in [6, 6.07) is 33.0. The van der Waals surface area contributed by atoms with Crippen molar-refractivity contribution in [1.29, 1.82) is 0 Å². The maximum atomic E-state index is 6.24. The van der Waals surface area contributed by atoms with Crippen LogP contribution in [-0.4, -0.2) is 0 Å². The molecule has 2 heteroatoms. The van der Waals surface area contributed by atoms with Crippen LogP contribution in [0.25, 0.3) is 0 Å². The third-order valence-corrected chi connectivity index (χ3v) is 13.8. The molecule has 0 spiro atoms. The van der Waals surface area contributed by atoms with Crippen LogP contribution in [0, 0.1) is 25.7 Å². The maximum Gasteiger partial charge on any atom is 0.0316 e. The van der Waals surface area contributed by atoms with Crippen LogP contribution in [-0.2, 0) is 0 Å². The predicted octanol–water partition coefficient (Wildman–Crippen LogP) is 16.4. The van der Waals surface area contributed by atoms with Gasteiger partial charge in [-0.05, 0) is 120 Å². The first-order valence-corrected chi connectivity index (χ1v) is 23.7. The Labute approximate surface area is 350 Å². The van der Waals surface area contributed by atoms with Crippen molar-refractivity contribution in [2.75, 3.05) is 11.5 Å². The number of hydrogen-bond acceptors (Lipinski definition) is 2. The summed E-state index contributed by atoms with van der Waals surface area (Å²) >= 11 is 0. The SMILES string of the molecule is CCCCCCC(c1ccc(C(CCC(CCCCC)C2CCCCC2)c2ccc(C(CCCCCC)c3ccc(N)cc3C)cc2)cc1)c1ccc(N)cc1C. The van der Waals surface area contributed by atoms with Gasteiger partial charge in [0.2, 0.25) is 0 Å². The smallest absolute Gasteiger partial charge is 0.0316 e. The van der Waals surface area contributed by atoms with Gasteiger partial charge in [-0.2, -0.15) is 0 Å². The number of rotatable bonds is 24. The van der Waals surface area contributed by atoms with Crippen LogP contribution < -0.4 is 11.5 Å². The largest absolute Gasteiger partial charge is 0.399 e. The first-order chi connectivity index (χ1) is 27.8. The molecule has 310 valence electrons. The summed E-state index contributed by atoms with van der Waals surface area (Å²) in [5.41, 5.74) is 25.5. The van der Waals surface area contributed by atoms with E-state index in [9.17, 15) is 0 Å². The van der Waals surface area contributed by atoms with Crippen LogP contribution in [0.15, 0.2) is 84.9 Å². The molecular formula is C55H80N2. The monoisotopic (exact) mass is 769 g/mol. The van der Waals surface area contributed by atoms with Gasteiger partial charge in [0.05, 0.1) is 0 Å². The van der Waals surface area contributed by atoms with E-state index in [4.69, 9.17) is 11.5 Å². The summed E-state index contributed by atoms with van der Waals surface area (Å²) in [6.45, 7) is 11.5. The number of benzene rings is 4. The maximum absolute atomic E-state index is 6.24. The van der Waals surface area contributed by atoms with Gasteiger partial charge in [0.1, 0.15) is 0 Å². The molecule has 4 N–H and O–H groups in total. The number of nitrogens with two attached hydrogens (primary N) is 2. The van der Waals surface area contributed by atoms with Crippen molar-refractivity contribution in [2.24, 2.45) is 11.8 Å². The number of unbranched alkanes of at least 4 members (excludes halogenated alkanes) is 8. The van der Waals surface area contributed by atoms with E-state index < -0.39 is 0 Å². The van der Waals surface area contributed by atoms with E-state index in [1.165, 1.54) is 179 Å². The minimum Gasteiger partial charge on any atom is -0.399 e. The van der Waals surface area contributed by atoms with Crippen molar-refractivity contribution in [1.82, 2.24) is 0 Å². The van der Waals surface area contributed by atoms with E-state index in [2.05, 4.69) is 120 Å². The molecule has 1 fully saturated rings. The Morgan fingerprint density at radius 2 is 0.842 bits per heavy atom. The third-order valence-electron chi connectivity index (χ3n) is 13.8. The number of hydrogen-bond donors (Lipinski definition) is 2. The molecule has 0 radical (unpaired) electrons. The van der Waals surface area contributed by atoms with Gasteiger partial charge in [-0.15, -0.1) is 0 Å². The first kappa shape index (κ1) is 44.6. The minimum atomic E-state index is 0.396. The van der Waals surface area contributed by atoms with Crippen LogP contribution in [0.5, 0.6) is 0 Å². The summed E-state index contributed by atoms with van der Waals surface area (Å²) in [5, 5.41) is 0. The Kier molecular flexibility index (Phi) is 18.6. The molecule has 0 heterocycles. The van der Waals surface area contributed by atoms with E-state index in [-0.39, 0.29) is 0 Å². The molecule has 3 atom stereocenters. The Morgan fingerprint density at radius 1 is 0.439 bits per heavy atom. The Balaban J connectivity index is 1.47. The highest BCUT2D eigenvalue weighted by atomic mass is 14.5. The molecule has 0 aromatic heterocycles. The van der Waals surface area contributed by atoms with Crippen molar-refractivity contribution >= 4 is 11.4 Å². The first-order valence-electron chi connectivity index (χ1n) is 23.7. The molecule has 0 amide bonds. The van der Waals surface area contributed by atoms with Gasteiger partial charge in [0.25, 0.3) is 0 Å². The van der Waals surface area contributed by atoms with Crippen LogP contribution >= 0.6 is 0 Å². The van der Waals surface area contributed by atoms with Crippen molar-refractivity contribution in [3.8, 4) is 0 Å². The second-order valence-corrected chi connectivity index (χ2v) is 18.2. The summed E-state index contributed by atoms with van der Waals surface area (Å²) in [4.78, 5) is 0. The van der Waals surface area contributed by atoms with Crippen molar-refractivity contribution < 1.29 is 0 Å². The number of anilines is 2. The molecule has 2 nitrogen and oxygen atoms in total. The van der Waals surface area contributed by atoms with E-state index in [0.717, 1.165) is 23.2 Å². The highest BCUT2D eigenvalue weighted by Gasteiger charge is 2.26. The minimum absolute atomic E-state index is 0.396. The van der Waals surface area contributed by atoms with E-state index >= 15 is 0 Å². The van der Waals surface area contributed by atoms with Gasteiger partial charge < -0.3 is 11.5 Å². The average Bonchev–Trinajstić information content (AvgIpc) is 3.22. The number of aryl methyl sites for hydroxylation is 2.